The van der Waals surface area contributed by atoms with Crippen LogP contribution in [0.3, 0.4) is 0 Å². The maximum atomic E-state index is 10.9. The van der Waals surface area contributed by atoms with Gasteiger partial charge in [0.2, 0.25) is 0 Å². The molecule has 0 atom stereocenters. The maximum absolute atomic E-state index is 10.9. The predicted octanol–water partition coefficient (Wildman–Crippen LogP) is 1.46. The Bertz CT molecular complexity index is 347. The molecular formula is C12H15NO2. The fourth-order valence-corrected chi connectivity index (χ4v) is 1.84. The summed E-state index contributed by atoms with van der Waals surface area (Å²) in [5.41, 5.74) is 1.65. The third-order valence-corrected chi connectivity index (χ3v) is 2.70. The number of aliphatic hydroxyl groups excluding tert-OH is 1. The lowest BCUT2D eigenvalue weighted by Gasteiger charge is -2.24. The monoisotopic (exact) mass is 205 g/mol. The minimum atomic E-state index is 0.129. The van der Waals surface area contributed by atoms with Gasteiger partial charge >= 0.3 is 0 Å². The highest BCUT2D eigenvalue weighted by molar-refractivity contribution is 5.84. The van der Waals surface area contributed by atoms with Crippen LogP contribution in [0.25, 0.3) is 0 Å². The number of hydrogen-bond acceptors (Lipinski definition) is 3. The zero-order valence-corrected chi connectivity index (χ0v) is 8.60. The van der Waals surface area contributed by atoms with Crippen molar-refractivity contribution in [2.75, 3.05) is 18.1 Å². The standard InChI is InChI=1S/C12H15NO2/c14-8-7-13(11-5-6-11)12-4-2-1-3-10(12)9-15/h1-4,9,11,14H,5-8H2. The molecule has 1 aromatic carbocycles. The second kappa shape index (κ2) is 4.45. The first-order valence-corrected chi connectivity index (χ1v) is 5.28. The molecule has 1 aliphatic carbocycles. The molecule has 1 aromatic rings. The van der Waals surface area contributed by atoms with Crippen molar-refractivity contribution in [1.82, 2.24) is 0 Å². The predicted molar refractivity (Wildman–Crippen MR) is 59.3 cm³/mol. The van der Waals surface area contributed by atoms with Crippen molar-refractivity contribution in [2.45, 2.75) is 18.9 Å². The van der Waals surface area contributed by atoms with Crippen molar-refractivity contribution >= 4 is 12.0 Å². The smallest absolute Gasteiger partial charge is 0.152 e. The van der Waals surface area contributed by atoms with Crippen molar-refractivity contribution in [3.63, 3.8) is 0 Å². The highest BCUT2D eigenvalue weighted by atomic mass is 16.3. The Morgan fingerprint density at radius 1 is 1.40 bits per heavy atom. The molecule has 80 valence electrons. The summed E-state index contributed by atoms with van der Waals surface area (Å²) < 4.78 is 0. The number of aliphatic hydroxyl groups is 1. The van der Waals surface area contributed by atoms with Crippen LogP contribution in [-0.2, 0) is 0 Å². The van der Waals surface area contributed by atoms with Gasteiger partial charge in [-0.05, 0) is 25.0 Å². The average Bonchev–Trinajstić information content (AvgIpc) is 3.10. The van der Waals surface area contributed by atoms with E-state index in [-0.39, 0.29) is 6.61 Å². The van der Waals surface area contributed by atoms with Crippen molar-refractivity contribution in [3.05, 3.63) is 29.8 Å². The molecule has 0 bridgehead atoms. The Morgan fingerprint density at radius 2 is 2.13 bits per heavy atom. The van der Waals surface area contributed by atoms with Gasteiger partial charge in [0.05, 0.1) is 6.61 Å². The van der Waals surface area contributed by atoms with Gasteiger partial charge in [-0.25, -0.2) is 0 Å². The van der Waals surface area contributed by atoms with E-state index in [0.717, 1.165) is 24.8 Å². The molecule has 3 heteroatoms. The summed E-state index contributed by atoms with van der Waals surface area (Å²) in [6.45, 7) is 0.735. The molecule has 3 nitrogen and oxygen atoms in total. The molecule has 2 rings (SSSR count). The van der Waals surface area contributed by atoms with Gasteiger partial charge in [0.15, 0.2) is 6.29 Å². The summed E-state index contributed by atoms with van der Waals surface area (Å²) in [5, 5.41) is 9.01. The van der Waals surface area contributed by atoms with Crippen LogP contribution in [0.15, 0.2) is 24.3 Å². The molecule has 0 spiro atoms. The number of hydrogen-bond donors (Lipinski definition) is 1. The van der Waals surface area contributed by atoms with E-state index in [2.05, 4.69) is 4.90 Å². The van der Waals surface area contributed by atoms with Gasteiger partial charge in [0.25, 0.3) is 0 Å². The molecule has 1 N–H and O–H groups in total. The lowest BCUT2D eigenvalue weighted by atomic mass is 10.1. The molecular weight excluding hydrogens is 190 g/mol. The van der Waals surface area contributed by atoms with Gasteiger partial charge in [-0.1, -0.05) is 12.1 Å². The second-order valence-corrected chi connectivity index (χ2v) is 3.82. The summed E-state index contributed by atoms with van der Waals surface area (Å²) in [6.07, 6.45) is 3.20. The van der Waals surface area contributed by atoms with E-state index in [9.17, 15) is 4.79 Å². The summed E-state index contributed by atoms with van der Waals surface area (Å²) in [7, 11) is 0. The first-order chi connectivity index (χ1) is 7.36. The molecule has 0 saturated heterocycles. The molecule has 0 aromatic heterocycles. The molecule has 1 saturated carbocycles. The SMILES string of the molecule is O=Cc1ccccc1N(CCO)C1CC1. The Labute approximate surface area is 89.3 Å². The van der Waals surface area contributed by atoms with E-state index in [4.69, 9.17) is 5.11 Å². The van der Waals surface area contributed by atoms with Gasteiger partial charge < -0.3 is 10.0 Å². The fourth-order valence-electron chi connectivity index (χ4n) is 1.84. The zero-order valence-electron chi connectivity index (χ0n) is 8.60. The van der Waals surface area contributed by atoms with Crippen LogP contribution in [-0.4, -0.2) is 30.6 Å². The normalized spacial score (nSPS) is 15.0. The van der Waals surface area contributed by atoms with Crippen LogP contribution in [0.4, 0.5) is 5.69 Å². The minimum Gasteiger partial charge on any atom is -0.395 e. The molecule has 0 unspecified atom stereocenters. The number of rotatable bonds is 5. The highest BCUT2D eigenvalue weighted by Gasteiger charge is 2.29. The molecule has 0 radical (unpaired) electrons. The van der Waals surface area contributed by atoms with Crippen molar-refractivity contribution in [1.29, 1.82) is 0 Å². The molecule has 0 heterocycles. The number of anilines is 1. The Morgan fingerprint density at radius 3 is 2.73 bits per heavy atom. The summed E-state index contributed by atoms with van der Waals surface area (Å²) in [4.78, 5) is 13.0. The van der Waals surface area contributed by atoms with E-state index < -0.39 is 0 Å². The van der Waals surface area contributed by atoms with E-state index in [1.54, 1.807) is 0 Å². The molecule has 0 amide bonds. The first-order valence-electron chi connectivity index (χ1n) is 5.28. The van der Waals surface area contributed by atoms with Crippen molar-refractivity contribution in [2.24, 2.45) is 0 Å². The third kappa shape index (κ3) is 2.18. The van der Waals surface area contributed by atoms with Gasteiger partial charge in [-0.3, -0.25) is 4.79 Å². The van der Waals surface area contributed by atoms with Crippen molar-refractivity contribution < 1.29 is 9.90 Å². The first kappa shape index (κ1) is 10.2. The molecule has 1 aliphatic rings. The summed E-state index contributed by atoms with van der Waals surface area (Å²) >= 11 is 0. The summed E-state index contributed by atoms with van der Waals surface area (Å²) in [6, 6.07) is 8.05. The third-order valence-electron chi connectivity index (χ3n) is 2.70. The van der Waals surface area contributed by atoms with E-state index in [1.165, 1.54) is 0 Å². The average molecular weight is 205 g/mol. The van der Waals surface area contributed by atoms with Crippen LogP contribution < -0.4 is 4.90 Å². The minimum absolute atomic E-state index is 0.129. The van der Waals surface area contributed by atoms with Gasteiger partial charge in [0.1, 0.15) is 0 Å². The van der Waals surface area contributed by atoms with Crippen molar-refractivity contribution in [3.8, 4) is 0 Å². The molecule has 15 heavy (non-hydrogen) atoms. The Balaban J connectivity index is 2.27. The fraction of sp³-hybridized carbons (Fsp3) is 0.417. The number of carbonyl (C=O) groups is 1. The largest absolute Gasteiger partial charge is 0.395 e. The van der Waals surface area contributed by atoms with Crippen LogP contribution >= 0.6 is 0 Å². The number of aldehydes is 1. The number of para-hydroxylation sites is 1. The van der Waals surface area contributed by atoms with Crippen LogP contribution in [0, 0.1) is 0 Å². The molecule has 0 aliphatic heterocycles. The topological polar surface area (TPSA) is 40.5 Å². The lowest BCUT2D eigenvalue weighted by molar-refractivity contribution is 0.112. The summed E-state index contributed by atoms with van der Waals surface area (Å²) in [5.74, 6) is 0. The number of benzene rings is 1. The van der Waals surface area contributed by atoms with E-state index in [0.29, 0.717) is 18.2 Å². The quantitative estimate of drug-likeness (QED) is 0.740. The van der Waals surface area contributed by atoms with Gasteiger partial charge in [0, 0.05) is 23.8 Å². The Kier molecular flexibility index (Phi) is 3.02. The second-order valence-electron chi connectivity index (χ2n) is 3.82. The zero-order chi connectivity index (χ0) is 10.7. The molecule has 1 fully saturated rings. The van der Waals surface area contributed by atoms with Crippen LogP contribution in [0.1, 0.15) is 23.2 Å². The van der Waals surface area contributed by atoms with Crippen LogP contribution in [0.2, 0.25) is 0 Å². The van der Waals surface area contributed by atoms with E-state index >= 15 is 0 Å². The van der Waals surface area contributed by atoms with Crippen LogP contribution in [0.5, 0.6) is 0 Å². The lowest BCUT2D eigenvalue weighted by Crippen LogP contribution is -2.29. The van der Waals surface area contributed by atoms with Gasteiger partial charge in [-0.2, -0.15) is 0 Å². The number of carbonyl (C=O) groups excluding carboxylic acids is 1. The number of nitrogens with zero attached hydrogens (tertiary/aromatic N) is 1. The maximum Gasteiger partial charge on any atom is 0.152 e. The Hall–Kier alpha value is -1.35. The van der Waals surface area contributed by atoms with E-state index in [1.807, 2.05) is 24.3 Å². The highest BCUT2D eigenvalue weighted by Crippen LogP contribution is 2.32. The van der Waals surface area contributed by atoms with Gasteiger partial charge in [-0.15, -0.1) is 0 Å².